The number of carbonyl (C=O) groups is 1. The van der Waals surface area contributed by atoms with Crippen LogP contribution in [0.1, 0.15) is 10.4 Å². The third kappa shape index (κ3) is 1.68. The molecule has 0 N–H and O–H groups in total. The average Bonchev–Trinajstić information content (AvgIpc) is 2.81. The first kappa shape index (κ1) is 10.7. The molecule has 0 amide bonds. The number of aldehydes is 1. The predicted molar refractivity (Wildman–Crippen MR) is 64.8 cm³/mol. The number of carbonyl (C=O) groups excluding carboxylic acids is 1. The number of hydrogen-bond donors (Lipinski definition) is 0. The zero-order chi connectivity index (χ0) is 12.5. The van der Waals surface area contributed by atoms with E-state index in [-0.39, 0.29) is 5.82 Å². The van der Waals surface area contributed by atoms with Gasteiger partial charge in [0, 0.05) is 11.1 Å². The Balaban J connectivity index is 2.24. The first-order valence-corrected chi connectivity index (χ1v) is 5.38. The molecule has 0 saturated carbocycles. The molecule has 1 heterocycles. The van der Waals surface area contributed by atoms with E-state index in [1.54, 1.807) is 24.3 Å². The molecule has 0 atom stereocenters. The van der Waals surface area contributed by atoms with Gasteiger partial charge in [0.05, 0.1) is 5.39 Å². The van der Waals surface area contributed by atoms with Crippen molar-refractivity contribution >= 4 is 17.3 Å². The van der Waals surface area contributed by atoms with Gasteiger partial charge in [-0.25, -0.2) is 4.39 Å². The van der Waals surface area contributed by atoms with E-state index in [1.165, 1.54) is 18.2 Å². The Kier molecular flexibility index (Phi) is 2.41. The molecule has 0 bridgehead atoms. The van der Waals surface area contributed by atoms with Crippen molar-refractivity contribution in [3.05, 3.63) is 53.8 Å². The van der Waals surface area contributed by atoms with Gasteiger partial charge in [-0.15, -0.1) is 0 Å². The Morgan fingerprint density at radius 3 is 2.89 bits per heavy atom. The Labute approximate surface area is 102 Å². The SMILES string of the molecule is O=Cc1cccc(-c2noc3ccc(F)cc23)c1. The van der Waals surface area contributed by atoms with Crippen molar-refractivity contribution in [2.45, 2.75) is 0 Å². The summed E-state index contributed by atoms with van der Waals surface area (Å²) < 4.78 is 18.4. The van der Waals surface area contributed by atoms with Gasteiger partial charge in [-0.05, 0) is 24.3 Å². The highest BCUT2D eigenvalue weighted by Crippen LogP contribution is 2.28. The van der Waals surface area contributed by atoms with Gasteiger partial charge in [-0.3, -0.25) is 4.79 Å². The quantitative estimate of drug-likeness (QED) is 0.645. The first-order chi connectivity index (χ1) is 8.78. The molecule has 0 aliphatic carbocycles. The average molecular weight is 241 g/mol. The van der Waals surface area contributed by atoms with Crippen LogP contribution in [0.2, 0.25) is 0 Å². The molecule has 88 valence electrons. The molecular formula is C14H8FNO2. The number of aromatic nitrogens is 1. The summed E-state index contributed by atoms with van der Waals surface area (Å²) in [7, 11) is 0. The van der Waals surface area contributed by atoms with Crippen LogP contribution in [0.15, 0.2) is 47.0 Å². The smallest absolute Gasteiger partial charge is 0.167 e. The first-order valence-electron chi connectivity index (χ1n) is 5.38. The monoisotopic (exact) mass is 241 g/mol. The molecule has 0 fully saturated rings. The number of nitrogens with zero attached hydrogens (tertiary/aromatic N) is 1. The predicted octanol–water partition coefficient (Wildman–Crippen LogP) is 3.45. The molecule has 0 unspecified atom stereocenters. The zero-order valence-corrected chi connectivity index (χ0v) is 9.26. The Bertz CT molecular complexity index is 733. The van der Waals surface area contributed by atoms with E-state index in [2.05, 4.69) is 5.16 Å². The second-order valence-corrected chi connectivity index (χ2v) is 3.91. The molecular weight excluding hydrogens is 233 g/mol. The van der Waals surface area contributed by atoms with Crippen LogP contribution in [0, 0.1) is 5.82 Å². The molecule has 0 spiro atoms. The summed E-state index contributed by atoms with van der Waals surface area (Å²) in [6, 6.07) is 11.2. The van der Waals surface area contributed by atoms with Crippen LogP contribution in [0.5, 0.6) is 0 Å². The lowest BCUT2D eigenvalue weighted by Crippen LogP contribution is -1.83. The van der Waals surface area contributed by atoms with Crippen LogP contribution < -0.4 is 0 Å². The summed E-state index contributed by atoms with van der Waals surface area (Å²) in [5.41, 5.74) is 2.32. The van der Waals surface area contributed by atoms with E-state index < -0.39 is 0 Å². The summed E-state index contributed by atoms with van der Waals surface area (Å²) in [6.07, 6.45) is 0.756. The summed E-state index contributed by atoms with van der Waals surface area (Å²) in [5, 5.41) is 4.52. The molecule has 0 aliphatic rings. The van der Waals surface area contributed by atoms with Crippen LogP contribution >= 0.6 is 0 Å². The highest BCUT2D eigenvalue weighted by molar-refractivity contribution is 5.92. The van der Waals surface area contributed by atoms with Crippen molar-refractivity contribution in [3.8, 4) is 11.3 Å². The zero-order valence-electron chi connectivity index (χ0n) is 9.26. The summed E-state index contributed by atoms with van der Waals surface area (Å²) in [6.45, 7) is 0. The molecule has 3 aromatic rings. The van der Waals surface area contributed by atoms with Crippen molar-refractivity contribution in [2.24, 2.45) is 0 Å². The Morgan fingerprint density at radius 1 is 1.17 bits per heavy atom. The van der Waals surface area contributed by atoms with Gasteiger partial charge in [-0.1, -0.05) is 23.4 Å². The van der Waals surface area contributed by atoms with E-state index in [9.17, 15) is 9.18 Å². The van der Waals surface area contributed by atoms with Gasteiger partial charge >= 0.3 is 0 Å². The Hall–Kier alpha value is -2.49. The largest absolute Gasteiger partial charge is 0.356 e. The molecule has 2 aromatic carbocycles. The van der Waals surface area contributed by atoms with Crippen LogP contribution in [0.3, 0.4) is 0 Å². The summed E-state index contributed by atoms with van der Waals surface area (Å²) >= 11 is 0. The number of hydrogen-bond acceptors (Lipinski definition) is 3. The molecule has 0 radical (unpaired) electrons. The van der Waals surface area contributed by atoms with Crippen molar-refractivity contribution < 1.29 is 13.7 Å². The minimum absolute atomic E-state index is 0.349. The normalized spacial score (nSPS) is 10.7. The second kappa shape index (κ2) is 4.07. The minimum Gasteiger partial charge on any atom is -0.356 e. The van der Waals surface area contributed by atoms with Crippen molar-refractivity contribution in [3.63, 3.8) is 0 Å². The van der Waals surface area contributed by atoms with Crippen molar-refractivity contribution in [2.75, 3.05) is 0 Å². The van der Waals surface area contributed by atoms with Gasteiger partial charge in [0.1, 0.15) is 17.8 Å². The van der Waals surface area contributed by atoms with Crippen LogP contribution in [0.25, 0.3) is 22.2 Å². The lowest BCUT2D eigenvalue weighted by atomic mass is 10.1. The topological polar surface area (TPSA) is 43.1 Å². The molecule has 4 heteroatoms. The van der Waals surface area contributed by atoms with Crippen LogP contribution in [-0.4, -0.2) is 11.4 Å². The highest BCUT2D eigenvalue weighted by Gasteiger charge is 2.11. The van der Waals surface area contributed by atoms with Gasteiger partial charge in [0.2, 0.25) is 0 Å². The number of halogens is 1. The fourth-order valence-electron chi connectivity index (χ4n) is 1.88. The van der Waals surface area contributed by atoms with E-state index in [4.69, 9.17) is 4.52 Å². The van der Waals surface area contributed by atoms with Crippen molar-refractivity contribution in [1.82, 2.24) is 5.16 Å². The van der Waals surface area contributed by atoms with E-state index in [1.807, 2.05) is 0 Å². The second-order valence-electron chi connectivity index (χ2n) is 3.91. The van der Waals surface area contributed by atoms with Crippen molar-refractivity contribution in [1.29, 1.82) is 0 Å². The number of benzene rings is 2. The summed E-state index contributed by atoms with van der Waals surface area (Å²) in [4.78, 5) is 10.7. The maximum Gasteiger partial charge on any atom is 0.167 e. The van der Waals surface area contributed by atoms with E-state index >= 15 is 0 Å². The molecule has 18 heavy (non-hydrogen) atoms. The Morgan fingerprint density at radius 2 is 2.06 bits per heavy atom. The third-order valence-electron chi connectivity index (χ3n) is 2.73. The molecule has 0 aliphatic heterocycles. The number of rotatable bonds is 2. The summed E-state index contributed by atoms with van der Waals surface area (Å²) in [5.74, 6) is -0.349. The fraction of sp³-hybridized carbons (Fsp3) is 0. The standard InChI is InChI=1S/C14H8FNO2/c15-11-4-5-13-12(7-11)14(16-18-13)10-3-1-2-9(6-10)8-17/h1-8H. The van der Waals surface area contributed by atoms with Crippen LogP contribution in [0.4, 0.5) is 4.39 Å². The lowest BCUT2D eigenvalue weighted by Gasteiger charge is -1.97. The molecule has 0 saturated heterocycles. The third-order valence-corrected chi connectivity index (χ3v) is 2.73. The lowest BCUT2D eigenvalue weighted by molar-refractivity contribution is 0.112. The molecule has 1 aromatic heterocycles. The van der Waals surface area contributed by atoms with Gasteiger partial charge in [0.25, 0.3) is 0 Å². The van der Waals surface area contributed by atoms with Gasteiger partial charge < -0.3 is 4.52 Å². The van der Waals surface area contributed by atoms with E-state index in [0.29, 0.717) is 22.2 Å². The maximum absolute atomic E-state index is 13.2. The maximum atomic E-state index is 13.2. The number of fused-ring (bicyclic) bond motifs is 1. The van der Waals surface area contributed by atoms with E-state index in [0.717, 1.165) is 11.8 Å². The minimum atomic E-state index is -0.349. The fourth-order valence-corrected chi connectivity index (χ4v) is 1.88. The highest BCUT2D eigenvalue weighted by atomic mass is 19.1. The molecule has 3 rings (SSSR count). The van der Waals surface area contributed by atoms with Gasteiger partial charge in [-0.2, -0.15) is 0 Å². The molecule has 3 nitrogen and oxygen atoms in total. The van der Waals surface area contributed by atoms with Crippen LogP contribution in [-0.2, 0) is 0 Å². The van der Waals surface area contributed by atoms with Gasteiger partial charge in [0.15, 0.2) is 5.58 Å².